The lowest BCUT2D eigenvalue weighted by Gasteiger charge is -2.30. The van der Waals surface area contributed by atoms with Gasteiger partial charge in [-0.3, -0.25) is 9.88 Å². The normalized spacial score (nSPS) is 19.7. The lowest BCUT2D eigenvalue weighted by atomic mass is 9.99. The predicted molar refractivity (Wildman–Crippen MR) is 65.7 cm³/mol. The van der Waals surface area contributed by atoms with E-state index >= 15 is 0 Å². The van der Waals surface area contributed by atoms with Gasteiger partial charge in [0.1, 0.15) is 0 Å². The molecular weight excluding hydrogens is 273 g/mol. The molecule has 1 aliphatic rings. The standard InChI is InChI=1S/C13H13F3N2O2/c1-8-2-3-11(18(7-8)12(19)20)9-4-10(6-17-5-9)13(14,15)16/h3-6,8H,2,7H2,1H3,(H,19,20)/t8-/m0/s1. The summed E-state index contributed by atoms with van der Waals surface area (Å²) in [5, 5.41) is 9.16. The van der Waals surface area contributed by atoms with Crippen LogP contribution < -0.4 is 0 Å². The third kappa shape index (κ3) is 2.92. The molecule has 1 amide bonds. The van der Waals surface area contributed by atoms with Crippen molar-refractivity contribution in [2.75, 3.05) is 6.54 Å². The molecule has 0 radical (unpaired) electrons. The van der Waals surface area contributed by atoms with E-state index in [-0.39, 0.29) is 23.7 Å². The summed E-state index contributed by atoms with van der Waals surface area (Å²) in [6.45, 7) is 2.14. The van der Waals surface area contributed by atoms with E-state index in [1.807, 2.05) is 6.92 Å². The van der Waals surface area contributed by atoms with Gasteiger partial charge in [-0.1, -0.05) is 13.0 Å². The van der Waals surface area contributed by atoms with Crippen LogP contribution in [0.5, 0.6) is 0 Å². The second-order valence-electron chi connectivity index (χ2n) is 4.78. The topological polar surface area (TPSA) is 53.4 Å². The summed E-state index contributed by atoms with van der Waals surface area (Å²) < 4.78 is 38.0. The lowest BCUT2D eigenvalue weighted by Crippen LogP contribution is -2.34. The Bertz CT molecular complexity index is 555. The van der Waals surface area contributed by atoms with E-state index in [9.17, 15) is 18.0 Å². The fourth-order valence-electron chi connectivity index (χ4n) is 2.10. The summed E-state index contributed by atoms with van der Waals surface area (Å²) in [5.41, 5.74) is -0.469. The summed E-state index contributed by atoms with van der Waals surface area (Å²) in [4.78, 5) is 15.8. The molecule has 0 bridgehead atoms. The highest BCUT2D eigenvalue weighted by molar-refractivity contribution is 5.81. The Labute approximate surface area is 113 Å². The number of carboxylic acid groups (broad SMARTS) is 1. The number of nitrogens with zero attached hydrogens (tertiary/aromatic N) is 2. The van der Waals surface area contributed by atoms with E-state index in [0.29, 0.717) is 6.42 Å². The van der Waals surface area contributed by atoms with Crippen LogP contribution in [-0.4, -0.2) is 27.6 Å². The van der Waals surface area contributed by atoms with Crippen LogP contribution in [0.3, 0.4) is 0 Å². The van der Waals surface area contributed by atoms with Crippen LogP contribution in [0.25, 0.3) is 5.70 Å². The minimum Gasteiger partial charge on any atom is -0.465 e. The first-order valence-corrected chi connectivity index (χ1v) is 6.02. The van der Waals surface area contributed by atoms with Gasteiger partial charge in [-0.25, -0.2) is 4.79 Å². The minimum atomic E-state index is -4.50. The molecule has 0 saturated carbocycles. The van der Waals surface area contributed by atoms with Crippen LogP contribution in [0.1, 0.15) is 24.5 Å². The molecule has 1 aliphatic heterocycles. The number of allylic oxidation sites excluding steroid dienone is 1. The molecule has 7 heteroatoms. The summed E-state index contributed by atoms with van der Waals surface area (Å²) >= 11 is 0. The summed E-state index contributed by atoms with van der Waals surface area (Å²) in [7, 11) is 0. The molecule has 4 nitrogen and oxygen atoms in total. The van der Waals surface area contributed by atoms with E-state index < -0.39 is 17.8 Å². The number of hydrogen-bond acceptors (Lipinski definition) is 2. The summed E-state index contributed by atoms with van der Waals surface area (Å²) in [6, 6.07) is 0.921. The van der Waals surface area contributed by atoms with E-state index in [1.54, 1.807) is 6.08 Å². The molecule has 0 spiro atoms. The fraction of sp³-hybridized carbons (Fsp3) is 0.385. The van der Waals surface area contributed by atoms with E-state index in [1.165, 1.54) is 6.20 Å². The van der Waals surface area contributed by atoms with Gasteiger partial charge in [0, 0.05) is 24.5 Å². The van der Waals surface area contributed by atoms with Crippen molar-refractivity contribution >= 4 is 11.8 Å². The number of amides is 1. The van der Waals surface area contributed by atoms with Gasteiger partial charge in [0.15, 0.2) is 0 Å². The Balaban J connectivity index is 2.42. The third-order valence-corrected chi connectivity index (χ3v) is 3.09. The number of halogens is 3. The number of aromatic nitrogens is 1. The number of hydrogen-bond donors (Lipinski definition) is 1. The number of rotatable bonds is 1. The smallest absolute Gasteiger partial charge is 0.417 e. The summed E-state index contributed by atoms with van der Waals surface area (Å²) in [5.74, 6) is 0.133. The van der Waals surface area contributed by atoms with Crippen molar-refractivity contribution in [3.8, 4) is 0 Å². The van der Waals surface area contributed by atoms with Gasteiger partial charge >= 0.3 is 12.3 Å². The average molecular weight is 286 g/mol. The van der Waals surface area contributed by atoms with Crippen LogP contribution >= 0.6 is 0 Å². The highest BCUT2D eigenvalue weighted by Gasteiger charge is 2.32. The molecule has 2 heterocycles. The molecular formula is C13H13F3N2O2. The molecule has 1 atom stereocenters. The second-order valence-corrected chi connectivity index (χ2v) is 4.78. The van der Waals surface area contributed by atoms with Gasteiger partial charge in [-0.05, 0) is 18.4 Å². The first-order chi connectivity index (χ1) is 9.29. The van der Waals surface area contributed by atoms with E-state index in [4.69, 9.17) is 5.11 Å². The number of carbonyl (C=O) groups is 1. The van der Waals surface area contributed by atoms with Crippen molar-refractivity contribution < 1.29 is 23.1 Å². The van der Waals surface area contributed by atoms with Gasteiger partial charge in [0.05, 0.1) is 11.3 Å². The SMILES string of the molecule is C[C@H]1CC=C(c2cncc(C(F)(F)F)c2)N(C(=O)O)C1. The lowest BCUT2D eigenvalue weighted by molar-refractivity contribution is -0.137. The Morgan fingerprint density at radius 2 is 2.15 bits per heavy atom. The molecule has 1 aromatic heterocycles. The van der Waals surface area contributed by atoms with Crippen LogP contribution in [-0.2, 0) is 6.18 Å². The van der Waals surface area contributed by atoms with Crippen LogP contribution in [0, 0.1) is 5.92 Å². The van der Waals surface area contributed by atoms with Crippen LogP contribution in [0.4, 0.5) is 18.0 Å². The minimum absolute atomic E-state index is 0.133. The largest absolute Gasteiger partial charge is 0.465 e. The molecule has 2 rings (SSSR count). The van der Waals surface area contributed by atoms with Crippen molar-refractivity contribution in [3.05, 3.63) is 35.7 Å². The first kappa shape index (κ1) is 14.4. The number of pyridine rings is 1. The monoisotopic (exact) mass is 286 g/mol. The van der Waals surface area contributed by atoms with Gasteiger partial charge < -0.3 is 5.11 Å². The highest BCUT2D eigenvalue weighted by Crippen LogP contribution is 2.32. The molecule has 1 aromatic rings. The molecule has 0 aromatic carbocycles. The maximum absolute atomic E-state index is 12.7. The Morgan fingerprint density at radius 3 is 2.75 bits per heavy atom. The quantitative estimate of drug-likeness (QED) is 0.860. The van der Waals surface area contributed by atoms with E-state index in [2.05, 4.69) is 4.98 Å². The Kier molecular flexibility index (Phi) is 3.69. The Morgan fingerprint density at radius 1 is 1.45 bits per heavy atom. The average Bonchev–Trinajstić information content (AvgIpc) is 2.37. The second kappa shape index (κ2) is 5.15. The zero-order valence-corrected chi connectivity index (χ0v) is 10.7. The molecule has 0 saturated heterocycles. The van der Waals surface area contributed by atoms with Gasteiger partial charge in [0.2, 0.25) is 0 Å². The van der Waals surface area contributed by atoms with Crippen molar-refractivity contribution in [2.24, 2.45) is 5.92 Å². The van der Waals surface area contributed by atoms with Crippen molar-refractivity contribution in [2.45, 2.75) is 19.5 Å². The van der Waals surface area contributed by atoms with Crippen molar-refractivity contribution in [3.63, 3.8) is 0 Å². The zero-order chi connectivity index (χ0) is 14.9. The predicted octanol–water partition coefficient (Wildman–Crippen LogP) is 3.46. The summed E-state index contributed by atoms with van der Waals surface area (Å²) in [6.07, 6.45) is -1.46. The fourth-order valence-corrected chi connectivity index (χ4v) is 2.10. The van der Waals surface area contributed by atoms with Gasteiger partial charge in [-0.2, -0.15) is 13.2 Å². The zero-order valence-electron chi connectivity index (χ0n) is 10.7. The van der Waals surface area contributed by atoms with Crippen LogP contribution in [0.2, 0.25) is 0 Å². The number of alkyl halides is 3. The maximum atomic E-state index is 12.7. The van der Waals surface area contributed by atoms with Gasteiger partial charge in [0.25, 0.3) is 0 Å². The maximum Gasteiger partial charge on any atom is 0.417 e. The third-order valence-electron chi connectivity index (χ3n) is 3.09. The first-order valence-electron chi connectivity index (χ1n) is 6.02. The molecule has 20 heavy (non-hydrogen) atoms. The Hall–Kier alpha value is -2.05. The van der Waals surface area contributed by atoms with Crippen molar-refractivity contribution in [1.82, 2.24) is 9.88 Å². The molecule has 0 unspecified atom stereocenters. The molecule has 0 aliphatic carbocycles. The highest BCUT2D eigenvalue weighted by atomic mass is 19.4. The molecule has 0 fully saturated rings. The van der Waals surface area contributed by atoms with E-state index in [0.717, 1.165) is 17.2 Å². The van der Waals surface area contributed by atoms with Gasteiger partial charge in [-0.15, -0.1) is 0 Å². The van der Waals surface area contributed by atoms with Crippen LogP contribution in [0.15, 0.2) is 24.5 Å². The molecule has 1 N–H and O–H groups in total. The van der Waals surface area contributed by atoms with Crippen molar-refractivity contribution in [1.29, 1.82) is 0 Å². The molecule has 108 valence electrons.